The Morgan fingerprint density at radius 2 is 1.75 bits per heavy atom. The lowest BCUT2D eigenvalue weighted by Crippen LogP contribution is -3.12. The number of anilines is 1. The summed E-state index contributed by atoms with van der Waals surface area (Å²) in [4.78, 5) is 13.8. The van der Waals surface area contributed by atoms with Crippen LogP contribution >= 0.6 is 0 Å². The summed E-state index contributed by atoms with van der Waals surface area (Å²) in [5.41, 5.74) is 3.33. The predicted octanol–water partition coefficient (Wildman–Crippen LogP) is 1.94. The highest BCUT2D eigenvalue weighted by Crippen LogP contribution is 2.27. The molecule has 24 heavy (non-hydrogen) atoms. The smallest absolute Gasteiger partial charge is 0.162 e. The van der Waals surface area contributed by atoms with Crippen molar-refractivity contribution in [2.75, 3.05) is 38.1 Å². The largest absolute Gasteiger partial charge is 0.345 e. The first kappa shape index (κ1) is 15.1. The maximum absolute atomic E-state index is 4.97. The molecule has 0 amide bonds. The lowest BCUT2D eigenvalue weighted by Gasteiger charge is -2.31. The fourth-order valence-corrected chi connectivity index (χ4v) is 3.31. The third-order valence-corrected chi connectivity index (χ3v) is 4.78. The van der Waals surface area contributed by atoms with Gasteiger partial charge in [-0.1, -0.05) is 35.9 Å². The SMILES string of the molecule is Cc1cccc(-c2nc(N3CC[NH+](C)CC3)c3ccccc3n2)c1. The van der Waals surface area contributed by atoms with Crippen molar-refractivity contribution in [2.24, 2.45) is 0 Å². The van der Waals surface area contributed by atoms with E-state index in [1.54, 1.807) is 4.90 Å². The maximum Gasteiger partial charge on any atom is 0.162 e. The Morgan fingerprint density at radius 1 is 0.958 bits per heavy atom. The number of quaternary nitrogens is 1. The third-order valence-electron chi connectivity index (χ3n) is 4.78. The van der Waals surface area contributed by atoms with Crippen LogP contribution in [0.3, 0.4) is 0 Å². The molecular formula is C20H23N4+. The van der Waals surface area contributed by atoms with Crippen LogP contribution in [0.15, 0.2) is 48.5 Å². The lowest BCUT2D eigenvalue weighted by molar-refractivity contribution is -0.880. The summed E-state index contributed by atoms with van der Waals surface area (Å²) in [5, 5.41) is 1.15. The first-order valence-corrected chi connectivity index (χ1v) is 8.61. The van der Waals surface area contributed by atoms with Gasteiger partial charge >= 0.3 is 0 Å². The molecule has 1 aliphatic rings. The molecule has 4 heteroatoms. The van der Waals surface area contributed by atoms with Gasteiger partial charge in [0, 0.05) is 10.9 Å². The Hall–Kier alpha value is -2.46. The number of para-hydroxylation sites is 1. The van der Waals surface area contributed by atoms with E-state index in [0.29, 0.717) is 0 Å². The fourth-order valence-electron chi connectivity index (χ4n) is 3.31. The first-order valence-electron chi connectivity index (χ1n) is 8.61. The second-order valence-corrected chi connectivity index (χ2v) is 6.70. The van der Waals surface area contributed by atoms with Gasteiger partial charge in [0.1, 0.15) is 5.82 Å². The number of likely N-dealkylation sites (N-methyl/N-ethyl adjacent to an activating group) is 1. The van der Waals surface area contributed by atoms with Crippen molar-refractivity contribution >= 4 is 16.7 Å². The second-order valence-electron chi connectivity index (χ2n) is 6.70. The Morgan fingerprint density at radius 3 is 2.54 bits per heavy atom. The highest BCUT2D eigenvalue weighted by molar-refractivity contribution is 5.91. The van der Waals surface area contributed by atoms with E-state index in [0.717, 1.165) is 54.3 Å². The van der Waals surface area contributed by atoms with Gasteiger partial charge in [-0.3, -0.25) is 0 Å². The Labute approximate surface area is 142 Å². The number of nitrogens with zero attached hydrogens (tertiary/aromatic N) is 3. The summed E-state index contributed by atoms with van der Waals surface area (Å²) in [6.07, 6.45) is 0. The number of hydrogen-bond donors (Lipinski definition) is 1. The molecule has 1 N–H and O–H groups in total. The van der Waals surface area contributed by atoms with Crippen LogP contribution in [0.1, 0.15) is 5.56 Å². The Bertz CT molecular complexity index is 866. The normalized spacial score (nSPS) is 15.8. The molecule has 0 bridgehead atoms. The topological polar surface area (TPSA) is 33.5 Å². The van der Waals surface area contributed by atoms with E-state index in [2.05, 4.69) is 61.3 Å². The molecule has 0 radical (unpaired) electrons. The molecule has 1 saturated heterocycles. The molecule has 0 saturated carbocycles. The molecular weight excluding hydrogens is 296 g/mol. The second kappa shape index (κ2) is 6.21. The van der Waals surface area contributed by atoms with Gasteiger partial charge in [-0.2, -0.15) is 0 Å². The van der Waals surface area contributed by atoms with Crippen LogP contribution in [0.2, 0.25) is 0 Å². The van der Waals surface area contributed by atoms with Crippen molar-refractivity contribution in [3.05, 3.63) is 54.1 Å². The molecule has 4 nitrogen and oxygen atoms in total. The summed E-state index contributed by atoms with van der Waals surface area (Å²) in [6.45, 7) is 6.49. The predicted molar refractivity (Wildman–Crippen MR) is 98.5 cm³/mol. The average Bonchev–Trinajstić information content (AvgIpc) is 2.61. The van der Waals surface area contributed by atoms with E-state index in [4.69, 9.17) is 9.97 Å². The molecule has 0 aliphatic carbocycles. The van der Waals surface area contributed by atoms with Crippen molar-refractivity contribution in [3.8, 4) is 11.4 Å². The van der Waals surface area contributed by atoms with E-state index in [9.17, 15) is 0 Å². The molecule has 0 atom stereocenters. The zero-order valence-electron chi connectivity index (χ0n) is 14.3. The number of fused-ring (bicyclic) bond motifs is 1. The summed E-state index contributed by atoms with van der Waals surface area (Å²) in [7, 11) is 2.26. The summed E-state index contributed by atoms with van der Waals surface area (Å²) in [6, 6.07) is 16.8. The van der Waals surface area contributed by atoms with Crippen molar-refractivity contribution < 1.29 is 4.90 Å². The third kappa shape index (κ3) is 2.85. The van der Waals surface area contributed by atoms with Crippen LogP contribution < -0.4 is 9.80 Å². The number of rotatable bonds is 2. The quantitative estimate of drug-likeness (QED) is 0.784. The number of hydrogen-bond acceptors (Lipinski definition) is 3. The monoisotopic (exact) mass is 319 g/mol. The summed E-state index contributed by atoms with van der Waals surface area (Å²) < 4.78 is 0. The van der Waals surface area contributed by atoms with Gasteiger partial charge in [-0.05, 0) is 25.1 Å². The van der Waals surface area contributed by atoms with Crippen molar-refractivity contribution in [1.82, 2.24) is 9.97 Å². The molecule has 1 fully saturated rings. The number of benzene rings is 2. The molecule has 1 aromatic heterocycles. The number of aromatic nitrogens is 2. The van der Waals surface area contributed by atoms with Crippen LogP contribution in [0.4, 0.5) is 5.82 Å². The van der Waals surface area contributed by atoms with E-state index >= 15 is 0 Å². The number of aryl methyl sites for hydroxylation is 1. The van der Waals surface area contributed by atoms with Crippen molar-refractivity contribution in [1.29, 1.82) is 0 Å². The molecule has 0 spiro atoms. The zero-order chi connectivity index (χ0) is 16.5. The van der Waals surface area contributed by atoms with E-state index in [-0.39, 0.29) is 0 Å². The Balaban J connectivity index is 1.85. The van der Waals surface area contributed by atoms with Crippen LogP contribution in [0, 0.1) is 6.92 Å². The van der Waals surface area contributed by atoms with Gasteiger partial charge in [-0.15, -0.1) is 0 Å². The molecule has 0 unspecified atom stereocenters. The van der Waals surface area contributed by atoms with Gasteiger partial charge in [-0.25, -0.2) is 9.97 Å². The minimum absolute atomic E-state index is 0.818. The van der Waals surface area contributed by atoms with E-state index < -0.39 is 0 Å². The highest BCUT2D eigenvalue weighted by atomic mass is 15.3. The van der Waals surface area contributed by atoms with Gasteiger partial charge < -0.3 is 9.80 Å². The van der Waals surface area contributed by atoms with Crippen molar-refractivity contribution in [3.63, 3.8) is 0 Å². The van der Waals surface area contributed by atoms with Crippen LogP contribution in [0.5, 0.6) is 0 Å². The minimum Gasteiger partial charge on any atom is -0.345 e. The fraction of sp³-hybridized carbons (Fsp3) is 0.300. The molecule has 2 heterocycles. The maximum atomic E-state index is 4.97. The average molecular weight is 319 g/mol. The van der Waals surface area contributed by atoms with Gasteiger partial charge in [0.25, 0.3) is 0 Å². The number of piperazine rings is 1. The molecule has 4 rings (SSSR count). The van der Waals surface area contributed by atoms with E-state index in [1.807, 2.05) is 6.07 Å². The van der Waals surface area contributed by atoms with Crippen molar-refractivity contribution in [2.45, 2.75) is 6.92 Å². The minimum atomic E-state index is 0.818. The first-order chi connectivity index (χ1) is 11.7. The van der Waals surface area contributed by atoms with Crippen LogP contribution in [-0.4, -0.2) is 43.2 Å². The molecule has 2 aromatic carbocycles. The summed E-state index contributed by atoms with van der Waals surface area (Å²) >= 11 is 0. The number of nitrogens with one attached hydrogen (secondary N) is 1. The standard InChI is InChI=1S/C20H22N4/c1-15-6-5-7-16(14-15)19-21-18-9-4-3-8-17(18)20(22-19)24-12-10-23(2)11-13-24/h3-9,14H,10-13H2,1-2H3/p+1. The van der Waals surface area contributed by atoms with Crippen LogP contribution in [0.25, 0.3) is 22.3 Å². The molecule has 122 valence electrons. The lowest BCUT2D eigenvalue weighted by atomic mass is 10.1. The highest BCUT2D eigenvalue weighted by Gasteiger charge is 2.21. The molecule has 1 aliphatic heterocycles. The Kier molecular flexibility index (Phi) is 3.90. The van der Waals surface area contributed by atoms with Gasteiger partial charge in [0.05, 0.1) is 38.7 Å². The van der Waals surface area contributed by atoms with E-state index in [1.165, 1.54) is 5.56 Å². The van der Waals surface area contributed by atoms with Gasteiger partial charge in [0.2, 0.25) is 0 Å². The summed E-state index contributed by atoms with van der Waals surface area (Å²) in [5.74, 6) is 1.89. The van der Waals surface area contributed by atoms with Crippen LogP contribution in [-0.2, 0) is 0 Å². The molecule has 3 aromatic rings. The zero-order valence-corrected chi connectivity index (χ0v) is 14.3. The van der Waals surface area contributed by atoms with Gasteiger partial charge in [0.15, 0.2) is 5.82 Å².